The molecule has 2 N–H and O–H groups in total. The smallest absolute Gasteiger partial charge is 0.0474 e. The van der Waals surface area contributed by atoms with Crippen LogP contribution in [0.5, 0.6) is 0 Å². The Morgan fingerprint density at radius 3 is 2.53 bits per heavy atom. The summed E-state index contributed by atoms with van der Waals surface area (Å²) in [6.45, 7) is 6.55. The van der Waals surface area contributed by atoms with Gasteiger partial charge in [0.2, 0.25) is 0 Å². The topological polar surface area (TPSA) is 29.3 Å². The molecule has 0 amide bonds. The predicted octanol–water partition coefficient (Wildman–Crippen LogP) is 3.60. The molecule has 2 nitrogen and oxygen atoms in total. The van der Waals surface area contributed by atoms with Crippen molar-refractivity contribution >= 4 is 17.3 Å². The van der Waals surface area contributed by atoms with E-state index in [1.54, 1.807) is 0 Å². The first-order valence-corrected chi connectivity index (χ1v) is 6.75. The third-order valence-corrected chi connectivity index (χ3v) is 3.95. The van der Waals surface area contributed by atoms with Crippen LogP contribution in [0.25, 0.3) is 0 Å². The highest BCUT2D eigenvalue weighted by Gasteiger charge is 2.17. The van der Waals surface area contributed by atoms with E-state index in [0.717, 1.165) is 29.6 Å². The minimum Gasteiger partial charge on any atom is -0.371 e. The van der Waals surface area contributed by atoms with E-state index in [-0.39, 0.29) is 6.04 Å². The average Bonchev–Trinajstić information content (AvgIpc) is 2.29. The third kappa shape index (κ3) is 2.93. The average molecular weight is 253 g/mol. The molecular weight excluding hydrogens is 232 g/mol. The van der Waals surface area contributed by atoms with Crippen LogP contribution in [0.4, 0.5) is 5.69 Å². The van der Waals surface area contributed by atoms with Crippen molar-refractivity contribution < 1.29 is 0 Å². The summed E-state index contributed by atoms with van der Waals surface area (Å²) in [5.41, 5.74) is 8.12. The number of nitrogens with two attached hydrogens (primary N) is 1. The van der Waals surface area contributed by atoms with Crippen LogP contribution in [-0.2, 0) is 0 Å². The summed E-state index contributed by atoms with van der Waals surface area (Å²) < 4.78 is 0. The molecule has 1 aromatic rings. The first kappa shape index (κ1) is 12.7. The maximum absolute atomic E-state index is 6.27. The predicted molar refractivity (Wildman–Crippen MR) is 74.7 cm³/mol. The van der Waals surface area contributed by atoms with Gasteiger partial charge in [0.25, 0.3) is 0 Å². The number of halogens is 1. The third-order valence-electron chi connectivity index (χ3n) is 3.62. The van der Waals surface area contributed by atoms with Gasteiger partial charge in [0.15, 0.2) is 0 Å². The quantitative estimate of drug-likeness (QED) is 0.872. The van der Waals surface area contributed by atoms with Crippen molar-refractivity contribution in [1.29, 1.82) is 0 Å². The summed E-state index contributed by atoms with van der Waals surface area (Å²) in [7, 11) is 0. The van der Waals surface area contributed by atoms with Gasteiger partial charge in [0.1, 0.15) is 0 Å². The Hall–Kier alpha value is -0.730. The van der Waals surface area contributed by atoms with Crippen LogP contribution in [0.1, 0.15) is 38.3 Å². The summed E-state index contributed by atoms with van der Waals surface area (Å²) in [5, 5.41) is 0.788. The number of piperidine rings is 1. The lowest BCUT2D eigenvalue weighted by atomic mass is 9.98. The molecule has 0 spiro atoms. The molecule has 1 fully saturated rings. The van der Waals surface area contributed by atoms with E-state index in [1.165, 1.54) is 18.5 Å². The molecule has 17 heavy (non-hydrogen) atoms. The van der Waals surface area contributed by atoms with Crippen LogP contribution < -0.4 is 10.6 Å². The molecule has 1 heterocycles. The summed E-state index contributed by atoms with van der Waals surface area (Å²) in [6.07, 6.45) is 2.54. The Kier molecular flexibility index (Phi) is 3.95. The zero-order valence-electron chi connectivity index (χ0n) is 10.6. The number of hydrogen-bond acceptors (Lipinski definition) is 2. The fraction of sp³-hybridized carbons (Fsp3) is 0.571. The van der Waals surface area contributed by atoms with E-state index < -0.39 is 0 Å². The van der Waals surface area contributed by atoms with E-state index in [4.69, 9.17) is 17.3 Å². The second-order valence-corrected chi connectivity index (χ2v) is 5.57. The van der Waals surface area contributed by atoms with Crippen LogP contribution >= 0.6 is 11.6 Å². The van der Waals surface area contributed by atoms with Crippen LogP contribution in [0.3, 0.4) is 0 Å². The summed E-state index contributed by atoms with van der Waals surface area (Å²) in [6, 6.07) is 6.25. The number of hydrogen-bond donors (Lipinski definition) is 1. The second-order valence-electron chi connectivity index (χ2n) is 5.16. The Balaban J connectivity index is 2.14. The normalized spacial score (nSPS) is 19.4. The monoisotopic (exact) mass is 252 g/mol. The molecule has 1 aliphatic rings. The lowest BCUT2D eigenvalue weighted by Crippen LogP contribution is -2.32. The Morgan fingerprint density at radius 1 is 1.35 bits per heavy atom. The van der Waals surface area contributed by atoms with E-state index >= 15 is 0 Å². The fourth-order valence-electron chi connectivity index (χ4n) is 2.35. The van der Waals surface area contributed by atoms with E-state index in [9.17, 15) is 0 Å². The van der Waals surface area contributed by atoms with Crippen LogP contribution in [0.15, 0.2) is 18.2 Å². The van der Waals surface area contributed by atoms with Gasteiger partial charge in [-0.1, -0.05) is 24.6 Å². The minimum atomic E-state index is -0.00192. The highest BCUT2D eigenvalue weighted by atomic mass is 35.5. The molecule has 0 radical (unpaired) electrons. The highest BCUT2D eigenvalue weighted by Crippen LogP contribution is 2.29. The molecule has 2 rings (SSSR count). The Morgan fingerprint density at radius 2 is 2.00 bits per heavy atom. The fourth-order valence-corrected chi connectivity index (χ4v) is 2.70. The van der Waals surface area contributed by atoms with Crippen LogP contribution in [0.2, 0.25) is 5.02 Å². The molecule has 0 aromatic heterocycles. The van der Waals surface area contributed by atoms with Crippen molar-refractivity contribution in [2.45, 2.75) is 32.7 Å². The van der Waals surface area contributed by atoms with Gasteiger partial charge in [0.05, 0.1) is 0 Å². The summed E-state index contributed by atoms with van der Waals surface area (Å²) in [5.74, 6) is 0.852. The van der Waals surface area contributed by atoms with Gasteiger partial charge < -0.3 is 10.6 Å². The van der Waals surface area contributed by atoms with Gasteiger partial charge in [-0.3, -0.25) is 0 Å². The van der Waals surface area contributed by atoms with Crippen molar-refractivity contribution in [3.63, 3.8) is 0 Å². The van der Waals surface area contributed by atoms with Gasteiger partial charge >= 0.3 is 0 Å². The highest BCUT2D eigenvalue weighted by molar-refractivity contribution is 6.31. The molecule has 3 heteroatoms. The van der Waals surface area contributed by atoms with E-state index in [0.29, 0.717) is 0 Å². The zero-order chi connectivity index (χ0) is 12.4. The van der Waals surface area contributed by atoms with Crippen LogP contribution in [0, 0.1) is 5.92 Å². The Bertz CT molecular complexity index is 382. The summed E-state index contributed by atoms with van der Waals surface area (Å²) >= 11 is 6.27. The molecule has 0 aliphatic carbocycles. The van der Waals surface area contributed by atoms with Crippen molar-refractivity contribution in [2.24, 2.45) is 11.7 Å². The first-order chi connectivity index (χ1) is 8.08. The standard InChI is InChI=1S/C14H21ClN2/c1-10-5-7-17(8-6-10)12-3-4-13(11(2)16)14(15)9-12/h3-4,9-11H,5-8,16H2,1-2H3. The largest absolute Gasteiger partial charge is 0.371 e. The number of benzene rings is 1. The van der Waals surface area contributed by atoms with Crippen molar-refractivity contribution in [3.05, 3.63) is 28.8 Å². The van der Waals surface area contributed by atoms with Crippen LogP contribution in [-0.4, -0.2) is 13.1 Å². The van der Waals surface area contributed by atoms with Gasteiger partial charge in [-0.2, -0.15) is 0 Å². The lowest BCUT2D eigenvalue weighted by molar-refractivity contribution is 0.438. The number of rotatable bonds is 2. The minimum absolute atomic E-state index is 0.00192. The molecular formula is C14H21ClN2. The molecule has 94 valence electrons. The second kappa shape index (κ2) is 5.28. The SMILES string of the molecule is CC1CCN(c2ccc(C(C)N)c(Cl)c2)CC1. The molecule has 0 bridgehead atoms. The molecule has 0 saturated carbocycles. The van der Waals surface area contributed by atoms with Crippen molar-refractivity contribution in [1.82, 2.24) is 0 Å². The first-order valence-electron chi connectivity index (χ1n) is 6.38. The van der Waals surface area contributed by atoms with Gasteiger partial charge in [-0.15, -0.1) is 0 Å². The zero-order valence-corrected chi connectivity index (χ0v) is 11.4. The number of nitrogens with zero attached hydrogens (tertiary/aromatic N) is 1. The number of anilines is 1. The maximum Gasteiger partial charge on any atom is 0.0474 e. The molecule has 1 unspecified atom stereocenters. The maximum atomic E-state index is 6.27. The summed E-state index contributed by atoms with van der Waals surface area (Å²) in [4.78, 5) is 2.41. The van der Waals surface area contributed by atoms with Crippen molar-refractivity contribution in [2.75, 3.05) is 18.0 Å². The molecule has 1 saturated heterocycles. The molecule has 1 aliphatic heterocycles. The van der Waals surface area contributed by atoms with Gasteiger partial charge in [-0.05, 0) is 43.4 Å². The van der Waals surface area contributed by atoms with E-state index in [1.807, 2.05) is 6.92 Å². The molecule has 1 aromatic carbocycles. The van der Waals surface area contributed by atoms with E-state index in [2.05, 4.69) is 30.0 Å². The van der Waals surface area contributed by atoms with Crippen molar-refractivity contribution in [3.8, 4) is 0 Å². The Labute approximate surface area is 109 Å². The molecule has 1 atom stereocenters. The van der Waals surface area contributed by atoms with Gasteiger partial charge in [0, 0.05) is 29.8 Å². The van der Waals surface area contributed by atoms with Gasteiger partial charge in [-0.25, -0.2) is 0 Å². The lowest BCUT2D eigenvalue weighted by Gasteiger charge is -2.32.